The minimum Gasteiger partial charge on any atom is -0.486 e. The number of anilines is 1. The topological polar surface area (TPSA) is 62.1 Å². The summed E-state index contributed by atoms with van der Waals surface area (Å²) < 4.78 is 20.9. The Morgan fingerprint density at radius 2 is 1.77 bits per heavy atom. The number of amides is 1. The molecule has 8 heteroatoms. The first-order chi connectivity index (χ1) is 14.9. The van der Waals surface area contributed by atoms with Crippen molar-refractivity contribution in [2.45, 2.75) is 6.61 Å². The number of carbonyl (C=O) groups is 1. The van der Waals surface area contributed by atoms with Gasteiger partial charge in [0.2, 0.25) is 0 Å². The molecule has 3 aromatic rings. The second-order valence-electron chi connectivity index (χ2n) is 6.30. The summed E-state index contributed by atoms with van der Waals surface area (Å²) in [6, 6.07) is 18.4. The maximum Gasteiger partial charge on any atom is 0.266 e. The number of nitrogens with one attached hydrogen (secondary N) is 1. The number of hydrogen-bond acceptors (Lipinski definition) is 3. The van der Waals surface area contributed by atoms with Crippen molar-refractivity contribution in [1.29, 1.82) is 5.26 Å². The SMILES string of the molecule is N#C/C(=C/c1cc(Br)c(OCc2ccccc2Cl)c(Br)c1)C(=O)Nc1ccccc1F. The summed E-state index contributed by atoms with van der Waals surface area (Å²) in [7, 11) is 0. The number of carbonyl (C=O) groups excluding carboxylic acids is 1. The van der Waals surface area contributed by atoms with Crippen LogP contribution in [0.5, 0.6) is 5.75 Å². The van der Waals surface area contributed by atoms with Crippen molar-refractivity contribution < 1.29 is 13.9 Å². The molecule has 0 unspecified atom stereocenters. The average molecular weight is 565 g/mol. The molecular formula is C23H14Br2ClFN2O2. The van der Waals surface area contributed by atoms with Crippen LogP contribution >= 0.6 is 43.5 Å². The van der Waals surface area contributed by atoms with E-state index >= 15 is 0 Å². The van der Waals surface area contributed by atoms with E-state index in [4.69, 9.17) is 16.3 Å². The Morgan fingerprint density at radius 1 is 1.13 bits per heavy atom. The van der Waals surface area contributed by atoms with E-state index in [0.717, 1.165) is 5.56 Å². The maximum absolute atomic E-state index is 13.8. The van der Waals surface area contributed by atoms with E-state index in [-0.39, 0.29) is 17.9 Å². The summed E-state index contributed by atoms with van der Waals surface area (Å²) in [4.78, 5) is 12.4. The third kappa shape index (κ3) is 5.95. The summed E-state index contributed by atoms with van der Waals surface area (Å²) in [6.45, 7) is 0.264. The van der Waals surface area contributed by atoms with Crippen LogP contribution in [0.15, 0.2) is 75.2 Å². The Morgan fingerprint density at radius 3 is 2.42 bits per heavy atom. The number of ether oxygens (including phenoxy) is 1. The maximum atomic E-state index is 13.8. The van der Waals surface area contributed by atoms with E-state index in [2.05, 4.69) is 37.2 Å². The van der Waals surface area contributed by atoms with Crippen molar-refractivity contribution in [3.05, 3.63) is 97.1 Å². The summed E-state index contributed by atoms with van der Waals surface area (Å²) in [6.07, 6.45) is 1.41. The molecule has 3 aromatic carbocycles. The lowest BCUT2D eigenvalue weighted by Gasteiger charge is -2.12. The molecule has 0 radical (unpaired) electrons. The molecule has 0 fully saturated rings. The Bertz CT molecular complexity index is 1190. The molecule has 0 spiro atoms. The van der Waals surface area contributed by atoms with E-state index in [1.54, 1.807) is 24.3 Å². The molecule has 156 valence electrons. The van der Waals surface area contributed by atoms with Gasteiger partial charge in [0.1, 0.15) is 29.8 Å². The van der Waals surface area contributed by atoms with E-state index < -0.39 is 11.7 Å². The first-order valence-corrected chi connectivity index (χ1v) is 10.9. The number of nitriles is 1. The predicted molar refractivity (Wildman–Crippen MR) is 126 cm³/mol. The van der Waals surface area contributed by atoms with E-state index in [0.29, 0.717) is 25.3 Å². The van der Waals surface area contributed by atoms with Crippen LogP contribution in [0.25, 0.3) is 6.08 Å². The second-order valence-corrected chi connectivity index (χ2v) is 8.41. The predicted octanol–water partition coefficient (Wildman–Crippen LogP) is 7.13. The fourth-order valence-corrected chi connectivity index (χ4v) is 4.27. The highest BCUT2D eigenvalue weighted by Gasteiger charge is 2.14. The third-order valence-corrected chi connectivity index (χ3v) is 5.70. The molecular weight excluding hydrogens is 551 g/mol. The van der Waals surface area contributed by atoms with Crippen molar-refractivity contribution in [3.8, 4) is 11.8 Å². The summed E-state index contributed by atoms with van der Waals surface area (Å²) in [5, 5.41) is 12.4. The molecule has 1 amide bonds. The number of halogens is 4. The van der Waals surface area contributed by atoms with E-state index in [1.165, 1.54) is 24.3 Å². The first kappa shape index (κ1) is 23.0. The molecule has 0 bridgehead atoms. The summed E-state index contributed by atoms with van der Waals surface area (Å²) >= 11 is 13.1. The smallest absolute Gasteiger partial charge is 0.266 e. The molecule has 0 aromatic heterocycles. The molecule has 0 aliphatic heterocycles. The lowest BCUT2D eigenvalue weighted by Crippen LogP contribution is -2.14. The van der Waals surface area contributed by atoms with Crippen molar-refractivity contribution in [3.63, 3.8) is 0 Å². The van der Waals surface area contributed by atoms with Gasteiger partial charge in [-0.05, 0) is 73.8 Å². The van der Waals surface area contributed by atoms with Crippen molar-refractivity contribution in [2.75, 3.05) is 5.32 Å². The monoisotopic (exact) mass is 562 g/mol. The van der Waals surface area contributed by atoms with E-state index in [1.807, 2.05) is 24.3 Å². The van der Waals surface area contributed by atoms with Gasteiger partial charge in [-0.2, -0.15) is 5.26 Å². The Hall–Kier alpha value is -2.66. The highest BCUT2D eigenvalue weighted by molar-refractivity contribution is 9.11. The van der Waals surface area contributed by atoms with Crippen LogP contribution in [0.2, 0.25) is 5.02 Å². The molecule has 0 aliphatic carbocycles. The van der Waals surface area contributed by atoms with Gasteiger partial charge in [-0.25, -0.2) is 4.39 Å². The van der Waals surface area contributed by atoms with Gasteiger partial charge in [-0.3, -0.25) is 4.79 Å². The molecule has 0 saturated heterocycles. The fraction of sp³-hybridized carbons (Fsp3) is 0.0435. The van der Waals surface area contributed by atoms with Crippen LogP contribution in [0.3, 0.4) is 0 Å². The zero-order chi connectivity index (χ0) is 22.4. The van der Waals surface area contributed by atoms with Crippen LogP contribution in [0.4, 0.5) is 10.1 Å². The van der Waals surface area contributed by atoms with Gasteiger partial charge in [0.15, 0.2) is 0 Å². The highest BCUT2D eigenvalue weighted by Crippen LogP contribution is 2.36. The van der Waals surface area contributed by atoms with Crippen LogP contribution in [0, 0.1) is 17.1 Å². The van der Waals surface area contributed by atoms with E-state index in [9.17, 15) is 14.4 Å². The zero-order valence-corrected chi connectivity index (χ0v) is 19.8. The van der Waals surface area contributed by atoms with Crippen molar-refractivity contribution >= 4 is 61.1 Å². The van der Waals surface area contributed by atoms with Gasteiger partial charge < -0.3 is 10.1 Å². The first-order valence-electron chi connectivity index (χ1n) is 8.92. The van der Waals surface area contributed by atoms with Gasteiger partial charge in [0.05, 0.1) is 14.6 Å². The number of hydrogen-bond donors (Lipinski definition) is 1. The van der Waals surface area contributed by atoms with Crippen LogP contribution in [0.1, 0.15) is 11.1 Å². The number of para-hydroxylation sites is 1. The van der Waals surface area contributed by atoms with Gasteiger partial charge in [-0.1, -0.05) is 41.9 Å². The van der Waals surface area contributed by atoms with Crippen molar-refractivity contribution in [1.82, 2.24) is 0 Å². The Labute approximate surface area is 200 Å². The molecule has 0 saturated carbocycles. The number of rotatable bonds is 6. The largest absolute Gasteiger partial charge is 0.486 e. The zero-order valence-electron chi connectivity index (χ0n) is 15.8. The van der Waals surface area contributed by atoms with Gasteiger partial charge >= 0.3 is 0 Å². The lowest BCUT2D eigenvalue weighted by atomic mass is 10.1. The quantitative estimate of drug-likeness (QED) is 0.256. The highest BCUT2D eigenvalue weighted by atomic mass is 79.9. The minimum atomic E-state index is -0.709. The molecule has 0 aliphatic rings. The summed E-state index contributed by atoms with van der Waals surface area (Å²) in [5.74, 6) is -0.746. The normalized spacial score (nSPS) is 11.0. The summed E-state index contributed by atoms with van der Waals surface area (Å²) in [5.41, 5.74) is 1.23. The molecule has 3 rings (SSSR count). The number of benzene rings is 3. The van der Waals surface area contributed by atoms with Gasteiger partial charge in [0, 0.05) is 10.6 Å². The molecule has 0 heterocycles. The molecule has 1 N–H and O–H groups in total. The van der Waals surface area contributed by atoms with Crippen molar-refractivity contribution in [2.24, 2.45) is 0 Å². The van der Waals surface area contributed by atoms with Gasteiger partial charge in [-0.15, -0.1) is 0 Å². The Balaban J connectivity index is 1.80. The van der Waals surface area contributed by atoms with Crippen LogP contribution in [-0.4, -0.2) is 5.91 Å². The third-order valence-electron chi connectivity index (χ3n) is 4.15. The lowest BCUT2D eigenvalue weighted by molar-refractivity contribution is -0.112. The van der Waals surface area contributed by atoms with Crippen LogP contribution in [-0.2, 0) is 11.4 Å². The fourth-order valence-electron chi connectivity index (χ4n) is 2.63. The van der Waals surface area contributed by atoms with Gasteiger partial charge in [0.25, 0.3) is 5.91 Å². The average Bonchev–Trinajstić information content (AvgIpc) is 2.74. The minimum absolute atomic E-state index is 0.000619. The van der Waals surface area contributed by atoms with Crippen LogP contribution < -0.4 is 10.1 Å². The standard InChI is InChI=1S/C23H14Br2ClFN2O2/c24-17-10-14(9-16(12-28)23(30)29-21-8-4-3-7-20(21)27)11-18(25)22(17)31-13-15-5-1-2-6-19(15)26/h1-11H,13H2,(H,29,30)/b16-9-. The molecule has 4 nitrogen and oxygen atoms in total. The second kappa shape index (κ2) is 10.6. The molecule has 0 atom stereocenters. The molecule has 31 heavy (non-hydrogen) atoms. The number of nitrogens with zero attached hydrogens (tertiary/aromatic N) is 1. The Kier molecular flexibility index (Phi) is 7.85.